The first-order valence-electron chi connectivity index (χ1n) is 12.5. The molecular formula is C25H30N4O6S3. The van der Waals surface area contributed by atoms with Crippen LogP contribution in [0, 0.1) is 0 Å². The third-order valence-electron chi connectivity index (χ3n) is 6.79. The Morgan fingerprint density at radius 2 is 1.68 bits per heavy atom. The van der Waals surface area contributed by atoms with Gasteiger partial charge < -0.3 is 4.74 Å². The Morgan fingerprint density at radius 3 is 2.34 bits per heavy atom. The summed E-state index contributed by atoms with van der Waals surface area (Å²) in [5.41, 5.74) is 0.668. The molecule has 0 bridgehead atoms. The van der Waals surface area contributed by atoms with Gasteiger partial charge in [-0.15, -0.1) is 0 Å². The van der Waals surface area contributed by atoms with E-state index in [4.69, 9.17) is 4.74 Å². The molecule has 204 valence electrons. The Balaban J connectivity index is 1.46. The quantitative estimate of drug-likeness (QED) is 0.400. The van der Waals surface area contributed by atoms with Crippen molar-refractivity contribution in [3.05, 3.63) is 48.0 Å². The van der Waals surface area contributed by atoms with Crippen LogP contribution in [-0.2, 0) is 24.6 Å². The summed E-state index contributed by atoms with van der Waals surface area (Å²) in [6.45, 7) is 4.69. The molecule has 0 N–H and O–H groups in total. The van der Waals surface area contributed by atoms with E-state index in [-0.39, 0.29) is 15.7 Å². The number of fused-ring (bicyclic) bond motifs is 1. The van der Waals surface area contributed by atoms with Crippen LogP contribution in [0.5, 0.6) is 0 Å². The number of ether oxygens (including phenoxy) is 1. The van der Waals surface area contributed by atoms with E-state index < -0.39 is 19.9 Å². The highest BCUT2D eigenvalue weighted by Gasteiger charge is 2.28. The van der Waals surface area contributed by atoms with Crippen LogP contribution in [0.4, 0.5) is 5.13 Å². The molecule has 0 saturated carbocycles. The predicted octanol–water partition coefficient (Wildman–Crippen LogP) is 2.46. The summed E-state index contributed by atoms with van der Waals surface area (Å²) in [4.78, 5) is 22.4. The van der Waals surface area contributed by atoms with Crippen LogP contribution >= 0.6 is 11.3 Å². The maximum atomic E-state index is 13.8. The Bertz CT molecular complexity index is 1520. The maximum absolute atomic E-state index is 13.8. The van der Waals surface area contributed by atoms with Crippen molar-refractivity contribution >= 4 is 52.5 Å². The lowest BCUT2D eigenvalue weighted by molar-refractivity contribution is 0.0391. The van der Waals surface area contributed by atoms with Crippen LogP contribution in [0.1, 0.15) is 23.2 Å². The summed E-state index contributed by atoms with van der Waals surface area (Å²) in [6, 6.07) is 11.0. The van der Waals surface area contributed by atoms with Crippen LogP contribution < -0.4 is 4.90 Å². The second kappa shape index (κ2) is 11.0. The predicted molar refractivity (Wildman–Crippen MR) is 146 cm³/mol. The van der Waals surface area contributed by atoms with Gasteiger partial charge in [-0.3, -0.25) is 14.6 Å². The van der Waals surface area contributed by atoms with Gasteiger partial charge in [-0.25, -0.2) is 21.8 Å². The highest BCUT2D eigenvalue weighted by atomic mass is 32.2. The van der Waals surface area contributed by atoms with Gasteiger partial charge in [0.25, 0.3) is 5.91 Å². The third-order valence-corrected chi connectivity index (χ3v) is 10.9. The molecule has 13 heteroatoms. The van der Waals surface area contributed by atoms with Crippen molar-refractivity contribution in [2.75, 3.05) is 63.6 Å². The van der Waals surface area contributed by atoms with Crippen molar-refractivity contribution in [3.8, 4) is 0 Å². The average Bonchev–Trinajstić information content (AvgIpc) is 3.59. The largest absolute Gasteiger partial charge is 0.379 e. The first-order valence-corrected chi connectivity index (χ1v) is 16.6. The molecule has 0 radical (unpaired) electrons. The molecule has 0 unspecified atom stereocenters. The number of anilines is 1. The van der Waals surface area contributed by atoms with Crippen molar-refractivity contribution < 1.29 is 26.4 Å². The molecule has 0 aliphatic carbocycles. The van der Waals surface area contributed by atoms with E-state index in [0.29, 0.717) is 60.3 Å². The zero-order valence-corrected chi connectivity index (χ0v) is 23.5. The number of nitrogens with zero attached hydrogens (tertiary/aromatic N) is 4. The van der Waals surface area contributed by atoms with Crippen molar-refractivity contribution in [3.63, 3.8) is 0 Å². The van der Waals surface area contributed by atoms with E-state index in [1.807, 2.05) is 0 Å². The normalized spacial score (nSPS) is 17.7. The summed E-state index contributed by atoms with van der Waals surface area (Å²) in [6.07, 6.45) is 2.83. The lowest BCUT2D eigenvalue weighted by Gasteiger charge is -2.29. The van der Waals surface area contributed by atoms with E-state index in [9.17, 15) is 21.6 Å². The number of sulfonamides is 1. The highest BCUT2D eigenvalue weighted by molar-refractivity contribution is 7.91. The fourth-order valence-corrected chi connectivity index (χ4v) is 8.11. The summed E-state index contributed by atoms with van der Waals surface area (Å²) in [5, 5.41) is 0.392. The van der Waals surface area contributed by atoms with Crippen molar-refractivity contribution in [2.45, 2.75) is 22.6 Å². The number of hydrogen-bond acceptors (Lipinski definition) is 9. The summed E-state index contributed by atoms with van der Waals surface area (Å²) in [7, 11) is -7.10. The smallest absolute Gasteiger partial charge is 0.260 e. The van der Waals surface area contributed by atoms with Gasteiger partial charge in [-0.05, 0) is 49.2 Å². The molecule has 2 aliphatic rings. The summed E-state index contributed by atoms with van der Waals surface area (Å²) in [5.74, 6) is -0.330. The van der Waals surface area contributed by atoms with E-state index in [1.54, 1.807) is 17.0 Å². The van der Waals surface area contributed by atoms with Gasteiger partial charge in [-0.2, -0.15) is 4.31 Å². The molecular weight excluding hydrogens is 548 g/mol. The van der Waals surface area contributed by atoms with Crippen molar-refractivity contribution in [2.24, 2.45) is 0 Å². The molecule has 1 aromatic heterocycles. The SMILES string of the molecule is CS(=O)(=O)c1cccc2sc(N(CCN3CCOCC3)C(=O)c3ccc(S(=O)(=O)N4CCCC4)cc3)nc12. The number of rotatable bonds is 8. The second-order valence-corrected chi connectivity index (χ2v) is 14.3. The fraction of sp³-hybridized carbons (Fsp3) is 0.440. The molecule has 10 nitrogen and oxygen atoms in total. The Morgan fingerprint density at radius 1 is 1.00 bits per heavy atom. The molecule has 2 saturated heterocycles. The maximum Gasteiger partial charge on any atom is 0.260 e. The van der Waals surface area contributed by atoms with Gasteiger partial charge >= 0.3 is 0 Å². The standard InChI is InChI=1S/C25H30N4O6S3/c1-37(31,32)22-6-4-5-21-23(22)26-25(36-21)29(14-13-27-15-17-35-18-16-27)24(30)19-7-9-20(10-8-19)38(33,34)28-11-2-3-12-28/h4-10H,2-3,11-18H2,1H3. The minimum atomic E-state index is -3.59. The van der Waals surface area contributed by atoms with Gasteiger partial charge in [-0.1, -0.05) is 17.4 Å². The number of carbonyl (C=O) groups is 1. The monoisotopic (exact) mass is 578 g/mol. The van der Waals surface area contributed by atoms with Gasteiger partial charge in [0.1, 0.15) is 5.52 Å². The van der Waals surface area contributed by atoms with Crippen LogP contribution in [-0.4, -0.2) is 95.7 Å². The molecule has 2 fully saturated rings. The topological polar surface area (TPSA) is 117 Å². The average molecular weight is 579 g/mol. The first kappa shape index (κ1) is 27.2. The van der Waals surface area contributed by atoms with E-state index >= 15 is 0 Å². The van der Waals surface area contributed by atoms with Crippen LogP contribution in [0.25, 0.3) is 10.2 Å². The minimum Gasteiger partial charge on any atom is -0.379 e. The fourth-order valence-electron chi connectivity index (χ4n) is 4.68. The number of morpholine rings is 1. The molecule has 2 aromatic carbocycles. The van der Waals surface area contributed by atoms with Gasteiger partial charge in [0.15, 0.2) is 15.0 Å². The van der Waals surface area contributed by atoms with Crippen LogP contribution in [0.3, 0.4) is 0 Å². The Kier molecular flexibility index (Phi) is 7.85. The number of para-hydroxylation sites is 1. The molecule has 3 aromatic rings. The highest BCUT2D eigenvalue weighted by Crippen LogP contribution is 2.33. The van der Waals surface area contributed by atoms with Gasteiger partial charge in [0.05, 0.1) is 27.7 Å². The molecule has 0 spiro atoms. The number of hydrogen-bond donors (Lipinski definition) is 0. The Labute approximate surface area is 226 Å². The van der Waals surface area contributed by atoms with Crippen molar-refractivity contribution in [1.82, 2.24) is 14.2 Å². The lowest BCUT2D eigenvalue weighted by Crippen LogP contribution is -2.43. The first-order chi connectivity index (χ1) is 18.1. The van der Waals surface area contributed by atoms with E-state index in [0.717, 1.165) is 32.2 Å². The molecule has 2 aliphatic heterocycles. The number of sulfone groups is 1. The molecule has 0 atom stereocenters. The van der Waals surface area contributed by atoms with Crippen molar-refractivity contribution in [1.29, 1.82) is 0 Å². The lowest BCUT2D eigenvalue weighted by atomic mass is 10.2. The molecule has 38 heavy (non-hydrogen) atoms. The molecule has 1 amide bonds. The van der Waals surface area contributed by atoms with Gasteiger partial charge in [0, 0.05) is 51.1 Å². The minimum absolute atomic E-state index is 0.120. The number of aromatic nitrogens is 1. The number of amides is 1. The van der Waals surface area contributed by atoms with E-state index in [1.165, 1.54) is 46.0 Å². The molecule has 3 heterocycles. The second-order valence-electron chi connectivity index (χ2n) is 9.42. The van der Waals surface area contributed by atoms with Crippen LogP contribution in [0.2, 0.25) is 0 Å². The van der Waals surface area contributed by atoms with Crippen LogP contribution in [0.15, 0.2) is 52.3 Å². The zero-order valence-electron chi connectivity index (χ0n) is 21.1. The third kappa shape index (κ3) is 5.63. The van der Waals surface area contributed by atoms with E-state index in [2.05, 4.69) is 9.88 Å². The number of carbonyl (C=O) groups excluding carboxylic acids is 1. The summed E-state index contributed by atoms with van der Waals surface area (Å²) >= 11 is 1.25. The number of benzene rings is 2. The number of thiazole rings is 1. The zero-order chi connectivity index (χ0) is 26.9. The summed E-state index contributed by atoms with van der Waals surface area (Å²) < 4.78 is 58.1. The molecule has 5 rings (SSSR count). The Hall–Kier alpha value is -2.42. The van der Waals surface area contributed by atoms with Gasteiger partial charge in [0.2, 0.25) is 10.0 Å².